The summed E-state index contributed by atoms with van der Waals surface area (Å²) in [6.45, 7) is 2.37. The van der Waals surface area contributed by atoms with Gasteiger partial charge in [-0.3, -0.25) is 0 Å². The van der Waals surface area contributed by atoms with Crippen LogP contribution in [-0.4, -0.2) is 0 Å². The van der Waals surface area contributed by atoms with Gasteiger partial charge in [-0.15, -0.1) is 0 Å². The lowest BCUT2D eigenvalue weighted by Gasteiger charge is -2.28. The zero-order valence-electron chi connectivity index (χ0n) is 32.0. The van der Waals surface area contributed by atoms with Gasteiger partial charge in [0, 0.05) is 39.3 Å². The van der Waals surface area contributed by atoms with E-state index in [2.05, 4.69) is 218 Å². The maximum atomic E-state index is 6.73. The van der Waals surface area contributed by atoms with Crippen molar-refractivity contribution in [3.05, 3.63) is 223 Å². The number of hydrogen-bond acceptors (Lipinski definition) is 2. The Balaban J connectivity index is 1.03. The Kier molecular flexibility index (Phi) is 7.09. The first kappa shape index (κ1) is 32.8. The predicted octanol–water partition coefficient (Wildman–Crippen LogP) is 15.5. The Morgan fingerprint density at radius 1 is 0.345 bits per heavy atom. The molecule has 0 N–H and O–H groups in total. The summed E-state index contributed by atoms with van der Waals surface area (Å²) in [5, 5.41) is 9.79. The van der Waals surface area contributed by atoms with Crippen molar-refractivity contribution in [2.45, 2.75) is 12.3 Å². The number of benzene rings is 10. The van der Waals surface area contributed by atoms with Crippen molar-refractivity contribution in [1.82, 2.24) is 0 Å². The normalized spacial score (nSPS) is 13.1. The van der Waals surface area contributed by atoms with Crippen LogP contribution in [0.1, 0.15) is 23.6 Å². The first-order valence-corrected chi connectivity index (χ1v) is 20.1. The van der Waals surface area contributed by atoms with Crippen LogP contribution in [0.4, 0.5) is 17.1 Å². The van der Waals surface area contributed by atoms with E-state index in [4.69, 9.17) is 4.42 Å². The number of hydrogen-bond donors (Lipinski definition) is 0. The van der Waals surface area contributed by atoms with Crippen LogP contribution < -0.4 is 4.90 Å². The molecule has 2 nitrogen and oxygen atoms in total. The van der Waals surface area contributed by atoms with Gasteiger partial charge in [-0.25, -0.2) is 0 Å². The van der Waals surface area contributed by atoms with Gasteiger partial charge >= 0.3 is 0 Å². The minimum atomic E-state index is -0.279. The quantitative estimate of drug-likeness (QED) is 0.163. The molecule has 11 aromatic rings. The van der Waals surface area contributed by atoms with Crippen molar-refractivity contribution in [2.24, 2.45) is 0 Å². The van der Waals surface area contributed by atoms with E-state index in [1.165, 1.54) is 71.3 Å². The number of furan rings is 1. The maximum Gasteiger partial charge on any atom is 0.137 e. The molecule has 0 fully saturated rings. The molecule has 0 bridgehead atoms. The van der Waals surface area contributed by atoms with Gasteiger partial charge in [-0.1, -0.05) is 152 Å². The average Bonchev–Trinajstić information content (AvgIpc) is 3.79. The van der Waals surface area contributed by atoms with Crippen molar-refractivity contribution in [2.75, 3.05) is 4.90 Å². The van der Waals surface area contributed by atoms with E-state index in [9.17, 15) is 0 Å². The van der Waals surface area contributed by atoms with Gasteiger partial charge in [0.15, 0.2) is 0 Å². The molecule has 1 aliphatic carbocycles. The van der Waals surface area contributed by atoms with Crippen LogP contribution in [-0.2, 0) is 5.41 Å². The third-order valence-corrected chi connectivity index (χ3v) is 12.7. The van der Waals surface area contributed by atoms with E-state index < -0.39 is 0 Å². The average molecular weight is 740 g/mol. The molecule has 0 atom stereocenters. The Hall–Kier alpha value is -7.42. The van der Waals surface area contributed by atoms with Crippen LogP contribution >= 0.6 is 0 Å². The number of nitrogens with zero attached hydrogens (tertiary/aromatic N) is 1. The molecular weight excluding hydrogens is 703 g/mol. The predicted molar refractivity (Wildman–Crippen MR) is 244 cm³/mol. The van der Waals surface area contributed by atoms with Gasteiger partial charge in [0.05, 0.1) is 0 Å². The Bertz CT molecular complexity index is 3330. The molecule has 0 aliphatic heterocycles. The van der Waals surface area contributed by atoms with Crippen LogP contribution in [0.25, 0.3) is 76.5 Å². The summed E-state index contributed by atoms with van der Waals surface area (Å²) in [5.74, 6) is 0. The Morgan fingerprint density at radius 2 is 0.845 bits per heavy atom. The van der Waals surface area contributed by atoms with E-state index in [1.54, 1.807) is 0 Å². The van der Waals surface area contributed by atoms with Gasteiger partial charge in [-0.05, 0) is 127 Å². The SMILES string of the molecule is CC1(c2ccc3oc4cc(N(c5ccc(-c6ccccc6)cc5)c5ccc6c7ccccc7c7ccccc7c6c5)ccc4c3c2)c2ccccc2-c2ccccc21. The molecule has 1 heterocycles. The highest BCUT2D eigenvalue weighted by molar-refractivity contribution is 6.25. The summed E-state index contributed by atoms with van der Waals surface area (Å²) in [6, 6.07) is 75.2. The zero-order chi connectivity index (χ0) is 38.4. The highest BCUT2D eigenvalue weighted by atomic mass is 16.3. The van der Waals surface area contributed by atoms with E-state index in [1.807, 2.05) is 0 Å². The smallest absolute Gasteiger partial charge is 0.137 e. The summed E-state index contributed by atoms with van der Waals surface area (Å²) in [6.07, 6.45) is 0. The molecule has 12 rings (SSSR count). The molecule has 1 aliphatic rings. The van der Waals surface area contributed by atoms with Gasteiger partial charge in [0.2, 0.25) is 0 Å². The summed E-state index contributed by atoms with van der Waals surface area (Å²) in [4.78, 5) is 2.36. The molecule has 1 aromatic heterocycles. The molecule has 2 heteroatoms. The third-order valence-electron chi connectivity index (χ3n) is 12.7. The van der Waals surface area contributed by atoms with Crippen LogP contribution in [0.5, 0.6) is 0 Å². The lowest BCUT2D eigenvalue weighted by Crippen LogP contribution is -2.22. The van der Waals surface area contributed by atoms with Crippen molar-refractivity contribution < 1.29 is 4.42 Å². The molecule has 0 radical (unpaired) electrons. The molecule has 0 spiro atoms. The second-order valence-corrected chi connectivity index (χ2v) is 15.8. The standard InChI is InChI=1S/C56H37NO/c1-56(52-21-11-9-19-47(52)48-20-10-12-22-53(48)56)38-25-32-54-51(33-38)49-31-29-41(35-55(49)58-54)57(39-26-23-37(24-27-39)36-13-3-2-4-14-36)40-28-30-46-44-17-6-5-15-42(44)43-16-7-8-18-45(43)50(46)34-40/h2-35H,1H3. The van der Waals surface area contributed by atoms with Crippen LogP contribution in [0.3, 0.4) is 0 Å². The first-order valence-electron chi connectivity index (χ1n) is 20.1. The lowest BCUT2D eigenvalue weighted by molar-refractivity contribution is 0.667. The van der Waals surface area contributed by atoms with Gasteiger partial charge in [0.1, 0.15) is 11.2 Å². The molecule has 272 valence electrons. The van der Waals surface area contributed by atoms with E-state index in [0.717, 1.165) is 39.0 Å². The molecule has 0 saturated heterocycles. The maximum absolute atomic E-state index is 6.73. The van der Waals surface area contributed by atoms with E-state index >= 15 is 0 Å². The number of rotatable bonds is 5. The number of anilines is 3. The lowest BCUT2D eigenvalue weighted by atomic mass is 9.74. The first-order chi connectivity index (χ1) is 28.6. The Labute approximate surface area is 336 Å². The molecule has 58 heavy (non-hydrogen) atoms. The van der Waals surface area contributed by atoms with Crippen molar-refractivity contribution in [3.8, 4) is 22.3 Å². The van der Waals surface area contributed by atoms with Gasteiger partial charge in [-0.2, -0.15) is 0 Å². The van der Waals surface area contributed by atoms with E-state index in [-0.39, 0.29) is 5.41 Å². The highest BCUT2D eigenvalue weighted by Gasteiger charge is 2.40. The van der Waals surface area contributed by atoms with Gasteiger partial charge in [0.25, 0.3) is 0 Å². The summed E-state index contributed by atoms with van der Waals surface area (Å²) in [5.41, 5.74) is 13.6. The minimum absolute atomic E-state index is 0.279. The fourth-order valence-electron chi connectivity index (χ4n) is 9.90. The third kappa shape index (κ3) is 4.79. The van der Waals surface area contributed by atoms with Crippen LogP contribution in [0, 0.1) is 0 Å². The summed E-state index contributed by atoms with van der Waals surface area (Å²) in [7, 11) is 0. The van der Waals surface area contributed by atoms with Crippen molar-refractivity contribution >= 4 is 71.3 Å². The van der Waals surface area contributed by atoms with Crippen LogP contribution in [0.15, 0.2) is 211 Å². The van der Waals surface area contributed by atoms with Crippen molar-refractivity contribution in [3.63, 3.8) is 0 Å². The molecule has 0 amide bonds. The Morgan fingerprint density at radius 3 is 1.50 bits per heavy atom. The fraction of sp³-hybridized carbons (Fsp3) is 0.0357. The second kappa shape index (κ2) is 12.5. The summed E-state index contributed by atoms with van der Waals surface area (Å²) >= 11 is 0. The van der Waals surface area contributed by atoms with Crippen molar-refractivity contribution in [1.29, 1.82) is 0 Å². The van der Waals surface area contributed by atoms with Gasteiger partial charge < -0.3 is 9.32 Å². The monoisotopic (exact) mass is 739 g/mol. The fourth-order valence-corrected chi connectivity index (χ4v) is 9.90. The molecular formula is C56H37NO. The summed E-state index contributed by atoms with van der Waals surface area (Å²) < 4.78 is 6.73. The zero-order valence-corrected chi connectivity index (χ0v) is 32.0. The molecule has 10 aromatic carbocycles. The minimum Gasteiger partial charge on any atom is -0.456 e. The topological polar surface area (TPSA) is 16.4 Å². The highest BCUT2D eigenvalue weighted by Crippen LogP contribution is 2.53. The molecule has 0 unspecified atom stereocenters. The van der Waals surface area contributed by atoms with E-state index in [0.29, 0.717) is 0 Å². The molecule has 0 saturated carbocycles. The number of fused-ring (bicyclic) bond motifs is 12. The van der Waals surface area contributed by atoms with Crippen LogP contribution in [0.2, 0.25) is 0 Å². The largest absolute Gasteiger partial charge is 0.456 e. The second-order valence-electron chi connectivity index (χ2n) is 15.8.